The highest BCUT2D eigenvalue weighted by Crippen LogP contribution is 2.64. The van der Waals surface area contributed by atoms with Gasteiger partial charge in [-0.25, -0.2) is 4.99 Å². The van der Waals surface area contributed by atoms with Crippen molar-refractivity contribution in [2.24, 2.45) is 21.3 Å². The summed E-state index contributed by atoms with van der Waals surface area (Å²) in [6, 6.07) is -0.0865. The van der Waals surface area contributed by atoms with Crippen LogP contribution in [0.4, 0.5) is 0 Å². The molecule has 24 heavy (non-hydrogen) atoms. The second-order valence-electron chi connectivity index (χ2n) is 6.86. The lowest BCUT2D eigenvalue weighted by Crippen LogP contribution is -2.46. The first kappa shape index (κ1) is 17.4. The van der Waals surface area contributed by atoms with Crippen molar-refractivity contribution in [3.63, 3.8) is 0 Å². The van der Waals surface area contributed by atoms with Crippen LogP contribution in [-0.2, 0) is 9.59 Å². The van der Waals surface area contributed by atoms with E-state index in [1.807, 2.05) is 19.9 Å². The molecule has 0 N–H and O–H groups in total. The van der Waals surface area contributed by atoms with Gasteiger partial charge in [0.05, 0.1) is 17.7 Å². The van der Waals surface area contributed by atoms with Crippen LogP contribution in [0.3, 0.4) is 0 Å². The van der Waals surface area contributed by atoms with Gasteiger partial charge in [0, 0.05) is 6.04 Å². The van der Waals surface area contributed by atoms with Gasteiger partial charge in [0.2, 0.25) is 5.91 Å². The summed E-state index contributed by atoms with van der Waals surface area (Å²) < 4.78 is -1.03. The Labute approximate surface area is 151 Å². The summed E-state index contributed by atoms with van der Waals surface area (Å²) in [6.45, 7) is 5.72. The first-order valence-electron chi connectivity index (χ1n) is 7.89. The monoisotopic (exact) mass is 367 g/mol. The molecule has 2 aliphatic carbocycles. The number of halogens is 2. The highest BCUT2D eigenvalue weighted by atomic mass is 35.5. The van der Waals surface area contributed by atoms with E-state index < -0.39 is 15.7 Å². The Hall–Kier alpha value is -1.46. The molecule has 0 saturated heterocycles. The number of carbonyl (C=O) groups is 2. The van der Waals surface area contributed by atoms with Crippen molar-refractivity contribution in [2.45, 2.75) is 37.6 Å². The Bertz CT molecular complexity index is 721. The van der Waals surface area contributed by atoms with Crippen molar-refractivity contribution >= 4 is 46.6 Å². The molecule has 0 bridgehead atoms. The number of fused-ring (bicyclic) bond motifs is 1. The zero-order valence-corrected chi connectivity index (χ0v) is 15.3. The van der Waals surface area contributed by atoms with Crippen LogP contribution in [0, 0.1) is 11.3 Å². The van der Waals surface area contributed by atoms with Crippen LogP contribution >= 0.6 is 23.2 Å². The first-order valence-corrected chi connectivity index (χ1v) is 8.65. The number of rotatable bonds is 4. The number of nitrogens with zero attached hydrogens (tertiary/aromatic N) is 3. The van der Waals surface area contributed by atoms with Gasteiger partial charge in [-0.1, -0.05) is 18.2 Å². The fourth-order valence-electron chi connectivity index (χ4n) is 2.88. The van der Waals surface area contributed by atoms with E-state index in [-0.39, 0.29) is 24.4 Å². The van der Waals surface area contributed by atoms with E-state index in [0.29, 0.717) is 18.0 Å². The predicted octanol–water partition coefficient (Wildman–Crippen LogP) is 2.93. The molecule has 1 aliphatic heterocycles. The van der Waals surface area contributed by atoms with Crippen molar-refractivity contribution in [2.75, 3.05) is 6.54 Å². The van der Waals surface area contributed by atoms with Gasteiger partial charge in [0.15, 0.2) is 5.84 Å². The van der Waals surface area contributed by atoms with E-state index in [2.05, 4.69) is 9.98 Å². The molecule has 0 spiro atoms. The van der Waals surface area contributed by atoms with Crippen LogP contribution < -0.4 is 0 Å². The van der Waals surface area contributed by atoms with Crippen LogP contribution in [0.5, 0.6) is 0 Å². The summed E-state index contributed by atoms with van der Waals surface area (Å²) in [5.74, 6) is -0.471. The Balaban J connectivity index is 1.81. The molecular weight excluding hydrogens is 349 g/mol. The number of alkyl halides is 2. The Morgan fingerprint density at radius 1 is 1.38 bits per heavy atom. The standard InChI is InChI=1S/C17H19Cl2N3O2/c1-10(2)22(15(24)16(3)9-17(16,18)19)8-13-20-12-7-5-4-6-11(12)14(23)21-13/h4-7,10-11H,8-9H2,1-3H3. The molecular formula is C17H19Cl2N3O2. The lowest BCUT2D eigenvalue weighted by Gasteiger charge is -2.30. The molecule has 0 aromatic carbocycles. The normalized spacial score (nSPS) is 29.9. The Morgan fingerprint density at radius 3 is 2.62 bits per heavy atom. The van der Waals surface area contributed by atoms with E-state index in [1.165, 1.54) is 0 Å². The second-order valence-corrected chi connectivity index (χ2v) is 8.35. The average Bonchev–Trinajstić information content (AvgIpc) is 3.03. The van der Waals surface area contributed by atoms with Gasteiger partial charge in [-0.15, -0.1) is 23.2 Å². The highest BCUT2D eigenvalue weighted by molar-refractivity contribution is 6.53. The third-order valence-corrected chi connectivity index (χ3v) is 5.79. The summed E-state index contributed by atoms with van der Waals surface area (Å²) in [4.78, 5) is 35.2. The van der Waals surface area contributed by atoms with Gasteiger partial charge in [-0.3, -0.25) is 9.59 Å². The molecule has 0 radical (unpaired) electrons. The summed E-state index contributed by atoms with van der Waals surface area (Å²) >= 11 is 12.3. The molecule has 3 rings (SSSR count). The molecule has 128 valence electrons. The molecule has 2 atom stereocenters. The van der Waals surface area contributed by atoms with Crippen molar-refractivity contribution in [1.82, 2.24) is 4.90 Å². The minimum atomic E-state index is -1.03. The summed E-state index contributed by atoms with van der Waals surface area (Å²) in [6.07, 6.45) is 7.62. The van der Waals surface area contributed by atoms with Crippen LogP contribution in [-0.4, -0.2) is 45.2 Å². The number of amidine groups is 1. The largest absolute Gasteiger partial charge is 0.332 e. The van der Waals surface area contributed by atoms with E-state index in [9.17, 15) is 9.59 Å². The molecule has 5 nitrogen and oxygen atoms in total. The fraction of sp³-hybridized carbons (Fsp3) is 0.529. The molecule has 1 saturated carbocycles. The number of amides is 2. The number of hydrogen-bond acceptors (Lipinski definition) is 3. The molecule has 1 heterocycles. The fourth-order valence-corrected chi connectivity index (χ4v) is 3.58. The summed E-state index contributed by atoms with van der Waals surface area (Å²) in [5.41, 5.74) is -0.145. The minimum Gasteiger partial charge on any atom is -0.332 e. The minimum absolute atomic E-state index is 0.0865. The third kappa shape index (κ3) is 2.84. The van der Waals surface area contributed by atoms with E-state index >= 15 is 0 Å². The van der Waals surface area contributed by atoms with Crippen molar-refractivity contribution in [3.05, 3.63) is 24.3 Å². The highest BCUT2D eigenvalue weighted by Gasteiger charge is 2.68. The maximum atomic E-state index is 12.9. The van der Waals surface area contributed by atoms with Gasteiger partial charge in [-0.05, 0) is 33.3 Å². The van der Waals surface area contributed by atoms with Gasteiger partial charge >= 0.3 is 0 Å². The van der Waals surface area contributed by atoms with Gasteiger partial charge in [0.1, 0.15) is 10.3 Å². The summed E-state index contributed by atoms with van der Waals surface area (Å²) in [5, 5.41) is 0. The third-order valence-electron chi connectivity index (χ3n) is 4.69. The zero-order valence-electron chi connectivity index (χ0n) is 13.8. The number of allylic oxidation sites excluding steroid dienone is 3. The van der Waals surface area contributed by atoms with Gasteiger partial charge < -0.3 is 4.90 Å². The molecule has 1 fully saturated rings. The molecule has 2 amide bonds. The first-order chi connectivity index (χ1) is 11.2. The van der Waals surface area contributed by atoms with E-state index in [4.69, 9.17) is 23.2 Å². The maximum absolute atomic E-state index is 12.9. The lowest BCUT2D eigenvalue weighted by atomic mass is 9.96. The number of carbonyl (C=O) groups excluding carboxylic acids is 2. The topological polar surface area (TPSA) is 62.1 Å². The van der Waals surface area contributed by atoms with Crippen LogP contribution in [0.15, 0.2) is 34.3 Å². The second kappa shape index (κ2) is 5.81. The lowest BCUT2D eigenvalue weighted by molar-refractivity contribution is -0.137. The molecule has 7 heteroatoms. The number of aliphatic imine (C=N–C) groups is 2. The predicted molar refractivity (Wildman–Crippen MR) is 95.7 cm³/mol. The molecule has 0 aromatic rings. The smallest absolute Gasteiger partial charge is 0.260 e. The summed E-state index contributed by atoms with van der Waals surface area (Å²) in [7, 11) is 0. The van der Waals surface area contributed by atoms with Crippen LogP contribution in [0.1, 0.15) is 27.2 Å². The zero-order chi connectivity index (χ0) is 17.7. The molecule has 3 aliphatic rings. The average molecular weight is 368 g/mol. The SMILES string of the molecule is CC(C)N(CC1=NC(=O)C2C=CC=CC2=N1)C(=O)C1(C)CC1(Cl)Cl. The quantitative estimate of drug-likeness (QED) is 0.717. The maximum Gasteiger partial charge on any atom is 0.260 e. The van der Waals surface area contributed by atoms with E-state index in [0.717, 1.165) is 0 Å². The van der Waals surface area contributed by atoms with Gasteiger partial charge in [-0.2, -0.15) is 4.99 Å². The molecule has 0 aromatic heterocycles. The van der Waals surface area contributed by atoms with Gasteiger partial charge in [0.25, 0.3) is 5.91 Å². The number of hydrogen-bond donors (Lipinski definition) is 0. The molecule has 2 unspecified atom stereocenters. The van der Waals surface area contributed by atoms with Crippen LogP contribution in [0.2, 0.25) is 0 Å². The Kier molecular flexibility index (Phi) is 4.21. The van der Waals surface area contributed by atoms with E-state index in [1.54, 1.807) is 30.1 Å². The van der Waals surface area contributed by atoms with Crippen LogP contribution in [0.25, 0.3) is 0 Å². The van der Waals surface area contributed by atoms with Crippen molar-refractivity contribution in [1.29, 1.82) is 0 Å². The Morgan fingerprint density at radius 2 is 2.04 bits per heavy atom. The van der Waals surface area contributed by atoms with Crippen molar-refractivity contribution in [3.8, 4) is 0 Å². The van der Waals surface area contributed by atoms with Crippen molar-refractivity contribution < 1.29 is 9.59 Å².